The first-order valence-corrected chi connectivity index (χ1v) is 9.73. The van der Waals surface area contributed by atoms with Crippen LogP contribution in [0.2, 0.25) is 0 Å². The fourth-order valence-electron chi connectivity index (χ4n) is 2.81. The summed E-state index contributed by atoms with van der Waals surface area (Å²) in [4.78, 5) is 24.4. The van der Waals surface area contributed by atoms with E-state index in [0.29, 0.717) is 12.2 Å². The van der Waals surface area contributed by atoms with Crippen molar-refractivity contribution >= 4 is 11.9 Å². The van der Waals surface area contributed by atoms with Crippen LogP contribution in [0.5, 0.6) is 5.75 Å². The average Bonchev–Trinajstić information content (AvgIpc) is 2.52. The summed E-state index contributed by atoms with van der Waals surface area (Å²) < 4.78 is 11.0. The van der Waals surface area contributed by atoms with E-state index in [1.165, 1.54) is 0 Å². The smallest absolute Gasteiger partial charge is 0.316 e. The zero-order valence-corrected chi connectivity index (χ0v) is 18.4. The van der Waals surface area contributed by atoms with Gasteiger partial charge in [0.05, 0.1) is 11.3 Å². The molecular weight excluding hydrogens is 340 g/mol. The summed E-state index contributed by atoms with van der Waals surface area (Å²) in [5.74, 6) is -0.0881. The van der Waals surface area contributed by atoms with Gasteiger partial charge in [0, 0.05) is 0 Å². The molecule has 27 heavy (non-hydrogen) atoms. The van der Waals surface area contributed by atoms with Gasteiger partial charge in [-0.25, -0.2) is 0 Å². The molecule has 152 valence electrons. The second-order valence-electron chi connectivity index (χ2n) is 9.72. The van der Waals surface area contributed by atoms with Crippen LogP contribution in [-0.4, -0.2) is 17.5 Å². The van der Waals surface area contributed by atoms with Crippen molar-refractivity contribution in [2.24, 2.45) is 11.3 Å². The molecule has 1 aromatic carbocycles. The molecule has 1 aromatic rings. The molecule has 2 unspecified atom stereocenters. The number of ether oxygens (including phenoxy) is 2. The molecular formula is C23H36O4. The topological polar surface area (TPSA) is 52.6 Å². The molecule has 0 radical (unpaired) electrons. The fraction of sp³-hybridized carbons (Fsp3) is 0.652. The zero-order chi connectivity index (χ0) is 21.0. The van der Waals surface area contributed by atoms with Gasteiger partial charge in [0.1, 0.15) is 11.4 Å². The Morgan fingerprint density at radius 3 is 1.89 bits per heavy atom. The van der Waals surface area contributed by atoms with Crippen molar-refractivity contribution in [3.63, 3.8) is 0 Å². The molecule has 0 aromatic heterocycles. The van der Waals surface area contributed by atoms with Crippen molar-refractivity contribution in [1.82, 2.24) is 0 Å². The minimum atomic E-state index is -0.542. The lowest BCUT2D eigenvalue weighted by atomic mass is 9.74. The van der Waals surface area contributed by atoms with Crippen molar-refractivity contribution in [3.05, 3.63) is 29.8 Å². The lowest BCUT2D eigenvalue weighted by Crippen LogP contribution is -2.32. The Labute approximate surface area is 164 Å². The van der Waals surface area contributed by atoms with Crippen LogP contribution in [0.4, 0.5) is 0 Å². The Bertz CT molecular complexity index is 646. The van der Waals surface area contributed by atoms with Gasteiger partial charge in [-0.05, 0) is 77.5 Å². The number of rotatable bonds is 6. The molecule has 0 aliphatic rings. The Hall–Kier alpha value is -1.84. The molecule has 1 rings (SSSR count). The number of hydrogen-bond donors (Lipinski definition) is 0. The van der Waals surface area contributed by atoms with Crippen molar-refractivity contribution < 1.29 is 19.1 Å². The molecule has 0 N–H and O–H groups in total. The van der Waals surface area contributed by atoms with Crippen LogP contribution in [0.25, 0.3) is 0 Å². The van der Waals surface area contributed by atoms with Gasteiger partial charge in [0.25, 0.3) is 0 Å². The minimum absolute atomic E-state index is 0.164. The lowest BCUT2D eigenvalue weighted by molar-refractivity contribution is -0.160. The molecule has 0 aliphatic carbocycles. The van der Waals surface area contributed by atoms with Gasteiger partial charge in [-0.15, -0.1) is 0 Å². The molecule has 2 atom stereocenters. The zero-order valence-electron chi connectivity index (χ0n) is 18.4. The SMILES string of the molecule is CCC(C)(CC(C)C(=O)OC(C)(C)C)c1ccc(OC(=O)C(C)(C)C)cc1. The average molecular weight is 377 g/mol. The van der Waals surface area contributed by atoms with Crippen LogP contribution in [0.1, 0.15) is 80.7 Å². The number of hydrogen-bond acceptors (Lipinski definition) is 4. The van der Waals surface area contributed by atoms with E-state index in [4.69, 9.17) is 9.47 Å². The maximum Gasteiger partial charge on any atom is 0.316 e. The van der Waals surface area contributed by atoms with Gasteiger partial charge in [0.2, 0.25) is 0 Å². The van der Waals surface area contributed by atoms with Gasteiger partial charge >= 0.3 is 11.9 Å². The monoisotopic (exact) mass is 376 g/mol. The van der Waals surface area contributed by atoms with E-state index in [2.05, 4.69) is 13.8 Å². The molecule has 0 aliphatic heterocycles. The first-order chi connectivity index (χ1) is 12.2. The number of carbonyl (C=O) groups is 2. The number of benzene rings is 1. The predicted octanol–water partition coefficient (Wildman–Crippen LogP) is 5.67. The van der Waals surface area contributed by atoms with Gasteiger partial charge in [-0.3, -0.25) is 9.59 Å². The molecule has 0 bridgehead atoms. The summed E-state index contributed by atoms with van der Waals surface area (Å²) in [5, 5.41) is 0. The van der Waals surface area contributed by atoms with E-state index in [1.54, 1.807) is 0 Å². The molecule has 0 amide bonds. The van der Waals surface area contributed by atoms with E-state index in [-0.39, 0.29) is 23.3 Å². The van der Waals surface area contributed by atoms with Crippen LogP contribution in [-0.2, 0) is 19.7 Å². The van der Waals surface area contributed by atoms with Crippen LogP contribution >= 0.6 is 0 Å². The van der Waals surface area contributed by atoms with Crippen molar-refractivity contribution in [1.29, 1.82) is 0 Å². The predicted molar refractivity (Wildman–Crippen MR) is 109 cm³/mol. The van der Waals surface area contributed by atoms with E-state index >= 15 is 0 Å². The fourth-order valence-corrected chi connectivity index (χ4v) is 2.81. The van der Waals surface area contributed by atoms with Gasteiger partial charge in [0.15, 0.2) is 0 Å². The van der Waals surface area contributed by atoms with Crippen LogP contribution in [0, 0.1) is 11.3 Å². The standard InChI is InChI=1S/C23H36O4/c1-10-23(9,15-16(2)19(24)27-22(6,7)8)17-11-13-18(14-12-17)26-20(25)21(3,4)5/h11-14,16H,10,15H2,1-9H3. The summed E-state index contributed by atoms with van der Waals surface area (Å²) in [6, 6.07) is 7.61. The first kappa shape index (κ1) is 23.2. The van der Waals surface area contributed by atoms with Crippen molar-refractivity contribution in [3.8, 4) is 5.75 Å². The first-order valence-electron chi connectivity index (χ1n) is 9.73. The third kappa shape index (κ3) is 7.00. The highest BCUT2D eigenvalue weighted by molar-refractivity contribution is 5.77. The van der Waals surface area contributed by atoms with Gasteiger partial charge in [-0.1, -0.05) is 32.9 Å². The summed E-state index contributed by atoms with van der Waals surface area (Å²) in [5.41, 5.74) is -0.0644. The van der Waals surface area contributed by atoms with E-state index < -0.39 is 11.0 Å². The second-order valence-corrected chi connectivity index (χ2v) is 9.72. The Morgan fingerprint density at radius 1 is 0.963 bits per heavy atom. The Morgan fingerprint density at radius 2 is 1.48 bits per heavy atom. The number of carbonyl (C=O) groups excluding carboxylic acids is 2. The van der Waals surface area contributed by atoms with Crippen molar-refractivity contribution in [2.75, 3.05) is 0 Å². The summed E-state index contributed by atoms with van der Waals surface area (Å²) in [6.45, 7) is 17.3. The third-order valence-electron chi connectivity index (χ3n) is 4.72. The Balaban J connectivity index is 2.90. The van der Waals surface area contributed by atoms with Crippen LogP contribution in [0.3, 0.4) is 0 Å². The van der Waals surface area contributed by atoms with E-state index in [1.807, 2.05) is 72.7 Å². The normalized spacial score (nSPS) is 15.6. The minimum Gasteiger partial charge on any atom is -0.460 e. The van der Waals surface area contributed by atoms with Gasteiger partial charge < -0.3 is 9.47 Å². The molecule has 0 fully saturated rings. The summed E-state index contributed by atoms with van der Waals surface area (Å²) >= 11 is 0. The summed E-state index contributed by atoms with van der Waals surface area (Å²) in [6.07, 6.45) is 1.58. The molecule has 0 saturated carbocycles. The van der Waals surface area contributed by atoms with E-state index in [9.17, 15) is 9.59 Å². The summed E-state index contributed by atoms with van der Waals surface area (Å²) in [7, 11) is 0. The molecule has 0 saturated heterocycles. The maximum atomic E-state index is 12.4. The third-order valence-corrected chi connectivity index (χ3v) is 4.72. The lowest BCUT2D eigenvalue weighted by Gasteiger charge is -2.32. The Kier molecular flexibility index (Phi) is 7.26. The maximum absolute atomic E-state index is 12.4. The van der Waals surface area contributed by atoms with Crippen LogP contribution < -0.4 is 4.74 Å². The second kappa shape index (κ2) is 8.45. The highest BCUT2D eigenvalue weighted by Crippen LogP contribution is 2.36. The number of esters is 2. The molecule has 0 spiro atoms. The molecule has 4 nitrogen and oxygen atoms in total. The molecule has 4 heteroatoms. The highest BCUT2D eigenvalue weighted by atomic mass is 16.6. The molecule has 0 heterocycles. The highest BCUT2D eigenvalue weighted by Gasteiger charge is 2.32. The quantitative estimate of drug-likeness (QED) is 0.474. The van der Waals surface area contributed by atoms with Crippen molar-refractivity contribution in [2.45, 2.75) is 86.2 Å². The van der Waals surface area contributed by atoms with Gasteiger partial charge in [-0.2, -0.15) is 0 Å². The van der Waals surface area contributed by atoms with Crippen LogP contribution in [0.15, 0.2) is 24.3 Å². The van der Waals surface area contributed by atoms with E-state index in [0.717, 1.165) is 12.0 Å². The largest absolute Gasteiger partial charge is 0.460 e.